The van der Waals surface area contributed by atoms with Gasteiger partial charge >= 0.3 is 5.97 Å². The van der Waals surface area contributed by atoms with Crippen LogP contribution in [0.2, 0.25) is 0 Å². The zero-order valence-electron chi connectivity index (χ0n) is 7.76. The highest BCUT2D eigenvalue weighted by Crippen LogP contribution is 2.48. The van der Waals surface area contributed by atoms with Crippen molar-refractivity contribution in [1.82, 2.24) is 0 Å². The van der Waals surface area contributed by atoms with Crippen molar-refractivity contribution in [2.45, 2.75) is 18.4 Å². The van der Waals surface area contributed by atoms with Gasteiger partial charge in [0.05, 0.1) is 0 Å². The van der Waals surface area contributed by atoms with Crippen LogP contribution in [0.15, 0.2) is 30.3 Å². The number of carbonyl (C=O) groups is 1. The van der Waals surface area contributed by atoms with Crippen LogP contribution in [0.4, 0.5) is 0 Å². The molecule has 1 aliphatic carbocycles. The second-order valence-corrected chi connectivity index (χ2v) is 3.78. The van der Waals surface area contributed by atoms with Gasteiger partial charge in [-0.3, -0.25) is 4.79 Å². The Hall–Kier alpha value is -1.35. The number of aliphatic carboxylic acids is 1. The molecule has 0 amide bonds. The maximum atomic E-state index is 10.6. The van der Waals surface area contributed by atoms with Crippen LogP contribution in [0.5, 0.6) is 0 Å². The molecule has 0 saturated heterocycles. The summed E-state index contributed by atoms with van der Waals surface area (Å²) < 4.78 is 0. The third-order valence-electron chi connectivity index (χ3n) is 2.81. The van der Waals surface area contributed by atoms with Crippen LogP contribution in [0.3, 0.4) is 0 Å². The lowest BCUT2D eigenvalue weighted by Crippen LogP contribution is -2.32. The minimum atomic E-state index is -0.895. The summed E-state index contributed by atoms with van der Waals surface area (Å²) in [5.74, 6) is -0.425. The van der Waals surface area contributed by atoms with E-state index < -0.39 is 12.0 Å². The first-order valence-electron chi connectivity index (χ1n) is 4.73. The molecule has 2 rings (SSSR count). The second-order valence-electron chi connectivity index (χ2n) is 3.78. The molecule has 3 N–H and O–H groups in total. The molecule has 0 aliphatic heterocycles. The van der Waals surface area contributed by atoms with E-state index in [9.17, 15) is 4.79 Å². The number of carboxylic acids is 1. The van der Waals surface area contributed by atoms with Crippen LogP contribution < -0.4 is 5.73 Å². The molecule has 0 aromatic heterocycles. The smallest absolute Gasteiger partial charge is 0.320 e. The summed E-state index contributed by atoms with van der Waals surface area (Å²) in [6, 6.07) is 9.24. The number of benzene rings is 1. The first kappa shape index (κ1) is 9.21. The fourth-order valence-electron chi connectivity index (χ4n) is 1.88. The summed E-state index contributed by atoms with van der Waals surface area (Å²) in [6.45, 7) is 0. The highest BCUT2D eigenvalue weighted by molar-refractivity contribution is 5.74. The fraction of sp³-hybridized carbons (Fsp3) is 0.364. The van der Waals surface area contributed by atoms with Crippen molar-refractivity contribution >= 4 is 5.97 Å². The Morgan fingerprint density at radius 2 is 2.07 bits per heavy atom. The summed E-state index contributed by atoms with van der Waals surface area (Å²) >= 11 is 0. The fourth-order valence-corrected chi connectivity index (χ4v) is 1.88. The van der Waals surface area contributed by atoms with Crippen molar-refractivity contribution in [2.24, 2.45) is 11.7 Å². The van der Waals surface area contributed by atoms with Crippen LogP contribution >= 0.6 is 0 Å². The number of nitrogens with two attached hydrogens (primary N) is 1. The van der Waals surface area contributed by atoms with Gasteiger partial charge in [-0.05, 0) is 23.8 Å². The van der Waals surface area contributed by atoms with E-state index in [0.29, 0.717) is 5.92 Å². The standard InChI is InChI=1S/C11H13NO2/c12-10(11(13)14)9-6-8(9)7-4-2-1-3-5-7/h1-5,8-10H,6,12H2,(H,13,14)/t8-,9+,10+/m1/s1. The Balaban J connectivity index is 2.03. The van der Waals surface area contributed by atoms with E-state index in [0.717, 1.165) is 6.42 Å². The molecule has 3 atom stereocenters. The highest BCUT2D eigenvalue weighted by Gasteiger charge is 2.45. The largest absolute Gasteiger partial charge is 0.480 e. The molecule has 14 heavy (non-hydrogen) atoms. The van der Waals surface area contributed by atoms with Gasteiger partial charge in [0, 0.05) is 0 Å². The maximum Gasteiger partial charge on any atom is 0.320 e. The van der Waals surface area contributed by atoms with Gasteiger partial charge in [-0.25, -0.2) is 0 Å². The van der Waals surface area contributed by atoms with E-state index in [1.54, 1.807) is 0 Å². The predicted molar refractivity (Wildman–Crippen MR) is 52.9 cm³/mol. The van der Waals surface area contributed by atoms with Crippen LogP contribution in [0, 0.1) is 5.92 Å². The molecule has 0 radical (unpaired) electrons. The van der Waals surface area contributed by atoms with Gasteiger partial charge in [0.25, 0.3) is 0 Å². The summed E-state index contributed by atoms with van der Waals surface area (Å²) in [4.78, 5) is 10.6. The van der Waals surface area contributed by atoms with Crippen molar-refractivity contribution in [3.8, 4) is 0 Å². The third-order valence-corrected chi connectivity index (χ3v) is 2.81. The van der Waals surface area contributed by atoms with Gasteiger partial charge in [-0.15, -0.1) is 0 Å². The quantitative estimate of drug-likeness (QED) is 0.754. The van der Waals surface area contributed by atoms with E-state index in [1.165, 1.54) is 5.56 Å². The molecule has 3 nitrogen and oxygen atoms in total. The average molecular weight is 191 g/mol. The van der Waals surface area contributed by atoms with E-state index in [2.05, 4.69) is 0 Å². The molecule has 1 fully saturated rings. The van der Waals surface area contributed by atoms with E-state index in [-0.39, 0.29) is 5.92 Å². The molecular formula is C11H13NO2. The van der Waals surface area contributed by atoms with Gasteiger partial charge in [0.2, 0.25) is 0 Å². The Bertz CT molecular complexity index is 336. The maximum absolute atomic E-state index is 10.6. The molecule has 1 aliphatic rings. The van der Waals surface area contributed by atoms with Crippen molar-refractivity contribution in [3.05, 3.63) is 35.9 Å². The average Bonchev–Trinajstić information content (AvgIpc) is 2.97. The molecule has 0 heterocycles. The molecule has 0 bridgehead atoms. The summed E-state index contributed by atoms with van der Waals surface area (Å²) in [5.41, 5.74) is 6.75. The number of carboxylic acid groups (broad SMARTS) is 1. The van der Waals surface area contributed by atoms with E-state index in [1.807, 2.05) is 30.3 Å². The Morgan fingerprint density at radius 3 is 2.64 bits per heavy atom. The molecule has 1 aromatic rings. The van der Waals surface area contributed by atoms with Gasteiger partial charge in [-0.1, -0.05) is 30.3 Å². The molecular weight excluding hydrogens is 178 g/mol. The van der Waals surface area contributed by atoms with Crippen molar-refractivity contribution in [3.63, 3.8) is 0 Å². The molecule has 1 saturated carbocycles. The summed E-state index contributed by atoms with van der Waals surface area (Å²) in [7, 11) is 0. The summed E-state index contributed by atoms with van der Waals surface area (Å²) in [6.07, 6.45) is 0.900. The lowest BCUT2D eigenvalue weighted by atomic mass is 10.1. The van der Waals surface area contributed by atoms with Gasteiger partial charge in [0.15, 0.2) is 0 Å². The van der Waals surface area contributed by atoms with E-state index >= 15 is 0 Å². The van der Waals surface area contributed by atoms with Crippen molar-refractivity contribution in [1.29, 1.82) is 0 Å². The molecule has 0 spiro atoms. The van der Waals surface area contributed by atoms with Crippen molar-refractivity contribution in [2.75, 3.05) is 0 Å². The number of rotatable bonds is 3. The normalized spacial score (nSPS) is 26.9. The van der Waals surface area contributed by atoms with Crippen LogP contribution in [-0.2, 0) is 4.79 Å². The third kappa shape index (κ3) is 1.63. The first-order valence-corrected chi connectivity index (χ1v) is 4.73. The number of hydrogen-bond donors (Lipinski definition) is 2. The topological polar surface area (TPSA) is 63.3 Å². The zero-order valence-corrected chi connectivity index (χ0v) is 7.76. The SMILES string of the molecule is N[C@H](C(=O)O)[C@H]1C[C@@H]1c1ccccc1. The minimum absolute atomic E-state index is 0.120. The van der Waals surface area contributed by atoms with E-state index in [4.69, 9.17) is 10.8 Å². The van der Waals surface area contributed by atoms with Gasteiger partial charge in [-0.2, -0.15) is 0 Å². The Morgan fingerprint density at radius 1 is 1.43 bits per heavy atom. The molecule has 0 unspecified atom stereocenters. The highest BCUT2D eigenvalue weighted by atomic mass is 16.4. The minimum Gasteiger partial charge on any atom is -0.480 e. The van der Waals surface area contributed by atoms with Gasteiger partial charge in [0.1, 0.15) is 6.04 Å². The summed E-state index contributed by atoms with van der Waals surface area (Å²) in [5, 5.41) is 8.73. The van der Waals surface area contributed by atoms with Crippen LogP contribution in [0.25, 0.3) is 0 Å². The Labute approximate surface area is 82.5 Å². The van der Waals surface area contributed by atoms with Crippen LogP contribution in [-0.4, -0.2) is 17.1 Å². The lowest BCUT2D eigenvalue weighted by molar-refractivity contribution is -0.139. The second kappa shape index (κ2) is 3.42. The van der Waals surface area contributed by atoms with Crippen LogP contribution in [0.1, 0.15) is 17.9 Å². The monoisotopic (exact) mass is 191 g/mol. The van der Waals surface area contributed by atoms with Crippen molar-refractivity contribution < 1.29 is 9.90 Å². The molecule has 74 valence electrons. The first-order chi connectivity index (χ1) is 6.70. The predicted octanol–water partition coefficient (Wildman–Crippen LogP) is 1.20. The molecule has 3 heteroatoms. The lowest BCUT2D eigenvalue weighted by Gasteiger charge is -2.04. The Kier molecular flexibility index (Phi) is 2.25. The van der Waals surface area contributed by atoms with Gasteiger partial charge < -0.3 is 10.8 Å². The number of hydrogen-bond acceptors (Lipinski definition) is 2. The zero-order chi connectivity index (χ0) is 10.1. The molecule has 1 aromatic carbocycles.